The van der Waals surface area contributed by atoms with E-state index in [2.05, 4.69) is 15.6 Å². The Bertz CT molecular complexity index is 934. The Kier molecular flexibility index (Phi) is 6.07. The molecule has 1 aliphatic heterocycles. The Morgan fingerprint density at radius 2 is 2.00 bits per heavy atom. The van der Waals surface area contributed by atoms with E-state index < -0.39 is 5.60 Å². The predicted octanol–water partition coefficient (Wildman–Crippen LogP) is 3.84. The number of nitrogens with one attached hydrogen (secondary N) is 2. The fourth-order valence-corrected chi connectivity index (χ4v) is 4.06. The summed E-state index contributed by atoms with van der Waals surface area (Å²) in [5.41, 5.74) is 0.869. The fourth-order valence-electron chi connectivity index (χ4n) is 3.15. The van der Waals surface area contributed by atoms with Gasteiger partial charge in [-0.05, 0) is 51.8 Å². The molecule has 2 aromatic rings. The molecule has 1 aromatic heterocycles. The number of anilines is 2. The average molecular weight is 419 g/mol. The van der Waals surface area contributed by atoms with E-state index >= 15 is 0 Å². The van der Waals surface area contributed by atoms with Gasteiger partial charge in [0.15, 0.2) is 5.13 Å². The van der Waals surface area contributed by atoms with Crippen LogP contribution in [0.5, 0.6) is 0 Å². The number of likely N-dealkylation sites (tertiary alicyclic amines) is 1. The van der Waals surface area contributed by atoms with Crippen LogP contribution >= 0.6 is 11.3 Å². The molecule has 0 bridgehead atoms. The lowest BCUT2D eigenvalue weighted by Crippen LogP contribution is -2.45. The number of amides is 3. The molecule has 1 saturated heterocycles. The summed E-state index contributed by atoms with van der Waals surface area (Å²) in [5.74, 6) is -0.605. The van der Waals surface area contributed by atoms with E-state index in [4.69, 9.17) is 4.74 Å². The third-order valence-corrected chi connectivity index (χ3v) is 5.32. The number of aromatic nitrogens is 1. The van der Waals surface area contributed by atoms with Gasteiger partial charge in [0.2, 0.25) is 11.8 Å². The van der Waals surface area contributed by atoms with E-state index in [1.165, 1.54) is 18.3 Å². The smallest absolute Gasteiger partial charge is 0.410 e. The van der Waals surface area contributed by atoms with Gasteiger partial charge in [0.25, 0.3) is 0 Å². The summed E-state index contributed by atoms with van der Waals surface area (Å²) in [5, 5.41) is 6.10. The number of thiazole rings is 1. The van der Waals surface area contributed by atoms with Gasteiger partial charge >= 0.3 is 6.09 Å². The van der Waals surface area contributed by atoms with Gasteiger partial charge in [0.1, 0.15) is 5.60 Å². The average Bonchev–Trinajstić information content (AvgIpc) is 3.01. The summed E-state index contributed by atoms with van der Waals surface area (Å²) in [7, 11) is 0. The number of ether oxygens (including phenoxy) is 1. The first-order valence-corrected chi connectivity index (χ1v) is 10.4. The van der Waals surface area contributed by atoms with Gasteiger partial charge in [-0.1, -0.05) is 11.3 Å². The molecule has 29 heavy (non-hydrogen) atoms. The highest BCUT2D eigenvalue weighted by Crippen LogP contribution is 2.29. The molecule has 1 fully saturated rings. The second-order valence-corrected chi connectivity index (χ2v) is 9.17. The minimum Gasteiger partial charge on any atom is -0.444 e. The zero-order chi connectivity index (χ0) is 21.2. The van der Waals surface area contributed by atoms with Crippen LogP contribution in [0.2, 0.25) is 0 Å². The molecule has 1 aliphatic rings. The molecule has 2 heterocycles. The third kappa shape index (κ3) is 5.66. The van der Waals surface area contributed by atoms with E-state index in [-0.39, 0.29) is 23.8 Å². The van der Waals surface area contributed by atoms with E-state index in [0.29, 0.717) is 30.3 Å². The molecule has 2 N–H and O–H groups in total. The Morgan fingerprint density at radius 1 is 1.24 bits per heavy atom. The van der Waals surface area contributed by atoms with Crippen LogP contribution in [-0.2, 0) is 14.3 Å². The van der Waals surface area contributed by atoms with Crippen molar-refractivity contribution in [1.29, 1.82) is 0 Å². The number of carbonyl (C=O) groups excluding carboxylic acids is 3. The van der Waals surface area contributed by atoms with Gasteiger partial charge in [0, 0.05) is 25.7 Å². The van der Waals surface area contributed by atoms with Crippen molar-refractivity contribution in [3.05, 3.63) is 18.2 Å². The zero-order valence-electron chi connectivity index (χ0n) is 17.1. The van der Waals surface area contributed by atoms with Crippen LogP contribution in [0.3, 0.4) is 0 Å². The highest BCUT2D eigenvalue weighted by molar-refractivity contribution is 7.22. The van der Waals surface area contributed by atoms with Gasteiger partial charge in [-0.15, -0.1) is 0 Å². The number of hydrogen-bond donors (Lipinski definition) is 2. The van der Waals surface area contributed by atoms with Gasteiger partial charge in [-0.2, -0.15) is 0 Å². The summed E-state index contributed by atoms with van der Waals surface area (Å²) < 4.78 is 6.28. The van der Waals surface area contributed by atoms with Crippen molar-refractivity contribution in [3.8, 4) is 0 Å². The van der Waals surface area contributed by atoms with Crippen molar-refractivity contribution in [2.45, 2.75) is 46.1 Å². The molecule has 0 spiro atoms. The van der Waals surface area contributed by atoms with Crippen LogP contribution in [0.1, 0.15) is 40.5 Å². The van der Waals surface area contributed by atoms with Crippen LogP contribution in [0, 0.1) is 5.92 Å². The highest BCUT2D eigenvalue weighted by Gasteiger charge is 2.31. The van der Waals surface area contributed by atoms with Crippen molar-refractivity contribution < 1.29 is 19.1 Å². The van der Waals surface area contributed by atoms with E-state index in [1.807, 2.05) is 26.8 Å². The topological polar surface area (TPSA) is 101 Å². The normalized spacial score (nSPS) is 17.1. The maximum atomic E-state index is 12.7. The Morgan fingerprint density at radius 3 is 2.69 bits per heavy atom. The van der Waals surface area contributed by atoms with Crippen molar-refractivity contribution >= 4 is 50.3 Å². The van der Waals surface area contributed by atoms with Crippen LogP contribution in [0.4, 0.5) is 15.6 Å². The molecule has 0 aliphatic carbocycles. The van der Waals surface area contributed by atoms with Crippen molar-refractivity contribution in [2.75, 3.05) is 23.7 Å². The maximum Gasteiger partial charge on any atom is 0.410 e. The van der Waals surface area contributed by atoms with Crippen LogP contribution in [0.15, 0.2) is 18.2 Å². The lowest BCUT2D eigenvalue weighted by atomic mass is 9.97. The minimum atomic E-state index is -0.566. The molecule has 0 saturated carbocycles. The van der Waals surface area contributed by atoms with Crippen LogP contribution < -0.4 is 10.6 Å². The molecule has 9 heteroatoms. The largest absolute Gasteiger partial charge is 0.444 e. The highest BCUT2D eigenvalue weighted by atomic mass is 32.1. The zero-order valence-corrected chi connectivity index (χ0v) is 17.9. The first kappa shape index (κ1) is 21.0. The number of carbonyl (C=O) groups is 3. The van der Waals surface area contributed by atoms with Crippen molar-refractivity contribution in [3.63, 3.8) is 0 Å². The second kappa shape index (κ2) is 8.36. The molecule has 0 radical (unpaired) electrons. The number of rotatable bonds is 3. The number of nitrogens with zero attached hydrogens (tertiary/aromatic N) is 2. The molecule has 1 unspecified atom stereocenters. The number of benzene rings is 1. The van der Waals surface area contributed by atoms with E-state index in [1.54, 1.807) is 17.0 Å². The van der Waals surface area contributed by atoms with Gasteiger partial charge in [-0.3, -0.25) is 9.59 Å². The summed E-state index contributed by atoms with van der Waals surface area (Å²) >= 11 is 1.35. The molecular weight excluding hydrogens is 392 g/mol. The summed E-state index contributed by atoms with van der Waals surface area (Å²) in [6, 6.07) is 5.40. The maximum absolute atomic E-state index is 12.7. The van der Waals surface area contributed by atoms with Gasteiger partial charge in [-0.25, -0.2) is 9.78 Å². The lowest BCUT2D eigenvalue weighted by Gasteiger charge is -2.33. The molecular formula is C20H26N4O4S. The minimum absolute atomic E-state index is 0.144. The Hall–Kier alpha value is -2.68. The van der Waals surface area contributed by atoms with Gasteiger partial charge < -0.3 is 20.3 Å². The SMILES string of the molecule is CC(=O)Nc1ccc2nc(NC(=O)C3CCCN(C(=O)OC(C)(C)C)C3)sc2c1. The molecule has 1 aromatic carbocycles. The fraction of sp³-hybridized carbons (Fsp3) is 0.500. The molecule has 156 valence electrons. The number of piperidine rings is 1. The van der Waals surface area contributed by atoms with Crippen molar-refractivity contribution in [2.24, 2.45) is 5.92 Å². The lowest BCUT2D eigenvalue weighted by molar-refractivity contribution is -0.121. The monoisotopic (exact) mass is 418 g/mol. The number of hydrogen-bond acceptors (Lipinski definition) is 6. The van der Waals surface area contributed by atoms with E-state index in [9.17, 15) is 14.4 Å². The molecule has 3 rings (SSSR count). The molecule has 3 amide bonds. The summed E-state index contributed by atoms with van der Waals surface area (Å²) in [6.45, 7) is 7.84. The first-order chi connectivity index (χ1) is 13.6. The van der Waals surface area contributed by atoms with Crippen LogP contribution in [-0.4, -0.2) is 46.5 Å². The summed E-state index contributed by atoms with van der Waals surface area (Å²) in [6.07, 6.45) is 1.07. The van der Waals surface area contributed by atoms with E-state index in [0.717, 1.165) is 16.6 Å². The summed E-state index contributed by atoms with van der Waals surface area (Å²) in [4.78, 5) is 42.3. The first-order valence-electron chi connectivity index (χ1n) is 9.58. The van der Waals surface area contributed by atoms with Crippen molar-refractivity contribution in [1.82, 2.24) is 9.88 Å². The third-order valence-electron chi connectivity index (χ3n) is 4.38. The Balaban J connectivity index is 1.64. The Labute approximate surface area is 173 Å². The second-order valence-electron chi connectivity index (χ2n) is 8.14. The van der Waals surface area contributed by atoms with Gasteiger partial charge in [0.05, 0.1) is 16.1 Å². The predicted molar refractivity (Wildman–Crippen MR) is 113 cm³/mol. The molecule has 1 atom stereocenters. The quantitative estimate of drug-likeness (QED) is 0.789. The van der Waals surface area contributed by atoms with Crippen LogP contribution in [0.25, 0.3) is 10.2 Å². The molecule has 8 nitrogen and oxygen atoms in total. The standard InChI is InChI=1S/C20H26N4O4S/c1-12(25)21-14-7-8-15-16(10-14)29-18(22-15)23-17(26)13-6-5-9-24(11-13)19(27)28-20(2,3)4/h7-8,10,13H,5-6,9,11H2,1-4H3,(H,21,25)(H,22,23,26). The number of fused-ring (bicyclic) bond motifs is 1.